The van der Waals surface area contributed by atoms with Gasteiger partial charge in [0.25, 0.3) is 0 Å². The average molecular weight is 322 g/mol. The van der Waals surface area contributed by atoms with E-state index >= 15 is 0 Å². The first-order valence-corrected chi connectivity index (χ1v) is 8.05. The number of halogens is 1. The summed E-state index contributed by atoms with van der Waals surface area (Å²) in [5, 5.41) is 9.31. The molecule has 21 heavy (non-hydrogen) atoms. The third-order valence-corrected chi connectivity index (χ3v) is 4.40. The number of hydrogen-bond donors (Lipinski definition) is 1. The van der Waals surface area contributed by atoms with E-state index < -0.39 is 10.0 Å². The number of anilines is 1. The molecule has 108 valence electrons. The van der Waals surface area contributed by atoms with Gasteiger partial charge in [-0.05, 0) is 30.2 Å². The highest BCUT2D eigenvalue weighted by molar-refractivity contribution is 7.91. The molecule has 0 amide bonds. The van der Waals surface area contributed by atoms with Crippen LogP contribution in [0.1, 0.15) is 16.7 Å². The molecule has 2 rings (SSSR count). The Hall–Kier alpha value is -2.10. The predicted molar refractivity (Wildman–Crippen MR) is 81.4 cm³/mol. The molecule has 1 aromatic carbocycles. The van der Waals surface area contributed by atoms with Gasteiger partial charge in [0.2, 0.25) is 10.0 Å². The van der Waals surface area contributed by atoms with Crippen LogP contribution in [0.5, 0.6) is 0 Å². The van der Waals surface area contributed by atoms with Crippen LogP contribution in [0.4, 0.5) is 5.69 Å². The Morgan fingerprint density at radius 2 is 2.10 bits per heavy atom. The maximum atomic E-state index is 12.2. The Balaban J connectivity index is 2.23. The van der Waals surface area contributed by atoms with Crippen LogP contribution >= 0.6 is 11.6 Å². The van der Waals surface area contributed by atoms with Crippen LogP contribution in [-0.2, 0) is 15.8 Å². The zero-order valence-corrected chi connectivity index (χ0v) is 12.7. The first-order valence-electron chi connectivity index (χ1n) is 6.02. The van der Waals surface area contributed by atoms with Crippen LogP contribution in [0.2, 0.25) is 5.15 Å². The van der Waals surface area contributed by atoms with E-state index in [2.05, 4.69) is 9.71 Å². The Morgan fingerprint density at radius 3 is 2.76 bits per heavy atom. The van der Waals surface area contributed by atoms with Crippen molar-refractivity contribution < 1.29 is 8.42 Å². The Labute approximate surface area is 128 Å². The van der Waals surface area contributed by atoms with Gasteiger partial charge in [-0.3, -0.25) is 4.72 Å². The van der Waals surface area contributed by atoms with E-state index in [9.17, 15) is 8.42 Å². The summed E-state index contributed by atoms with van der Waals surface area (Å²) in [5.74, 6) is -0.279. The molecule has 0 fully saturated rings. The molecular formula is C14H12ClN3O2S. The summed E-state index contributed by atoms with van der Waals surface area (Å²) in [5.41, 5.74) is 1.81. The lowest BCUT2D eigenvalue weighted by Crippen LogP contribution is -2.16. The van der Waals surface area contributed by atoms with Gasteiger partial charge in [0.1, 0.15) is 5.15 Å². The van der Waals surface area contributed by atoms with Crippen molar-refractivity contribution in [1.82, 2.24) is 4.98 Å². The Morgan fingerprint density at radius 1 is 1.38 bits per heavy atom. The minimum atomic E-state index is -3.63. The van der Waals surface area contributed by atoms with Gasteiger partial charge in [0.15, 0.2) is 0 Å². The second-order valence-corrected chi connectivity index (χ2v) is 6.54. The van der Waals surface area contributed by atoms with Gasteiger partial charge in [-0.2, -0.15) is 5.26 Å². The fraction of sp³-hybridized carbons (Fsp3) is 0.143. The molecule has 1 aromatic heterocycles. The molecule has 0 aliphatic heterocycles. The molecule has 0 saturated heterocycles. The molecule has 0 aliphatic rings. The lowest BCUT2D eigenvalue weighted by atomic mass is 10.1. The van der Waals surface area contributed by atoms with Crippen LogP contribution in [0.15, 0.2) is 36.5 Å². The van der Waals surface area contributed by atoms with Crippen molar-refractivity contribution in [3.05, 3.63) is 58.4 Å². The molecule has 0 unspecified atom stereocenters. The van der Waals surface area contributed by atoms with Gasteiger partial charge in [0.05, 0.1) is 29.3 Å². The first-order chi connectivity index (χ1) is 9.91. The van der Waals surface area contributed by atoms with Crippen molar-refractivity contribution in [3.63, 3.8) is 0 Å². The van der Waals surface area contributed by atoms with E-state index in [-0.39, 0.29) is 5.75 Å². The second-order valence-electron chi connectivity index (χ2n) is 4.46. The molecule has 0 saturated carbocycles. The highest BCUT2D eigenvalue weighted by Crippen LogP contribution is 2.19. The Kier molecular flexibility index (Phi) is 4.46. The number of nitriles is 1. The van der Waals surface area contributed by atoms with Crippen LogP contribution in [0, 0.1) is 18.3 Å². The minimum absolute atomic E-state index is 0.279. The quantitative estimate of drug-likeness (QED) is 0.878. The predicted octanol–water partition coefficient (Wildman–Crippen LogP) is 2.86. The summed E-state index contributed by atoms with van der Waals surface area (Å²) in [6.07, 6.45) is 1.35. The molecule has 1 heterocycles. The maximum Gasteiger partial charge on any atom is 0.237 e. The van der Waals surface area contributed by atoms with E-state index in [0.717, 1.165) is 0 Å². The van der Waals surface area contributed by atoms with Crippen molar-refractivity contribution in [2.45, 2.75) is 12.7 Å². The molecule has 7 heteroatoms. The number of nitrogens with zero attached hydrogens (tertiary/aromatic N) is 2. The van der Waals surface area contributed by atoms with Crippen LogP contribution in [0.3, 0.4) is 0 Å². The number of pyridine rings is 1. The smallest absolute Gasteiger partial charge is 0.237 e. The lowest BCUT2D eigenvalue weighted by molar-refractivity contribution is 0.600. The molecule has 0 atom stereocenters. The normalized spacial score (nSPS) is 10.9. The van der Waals surface area contributed by atoms with E-state index in [1.807, 2.05) is 6.07 Å². The van der Waals surface area contributed by atoms with Crippen LogP contribution in [0.25, 0.3) is 0 Å². The highest BCUT2D eigenvalue weighted by atomic mass is 35.5. The van der Waals surface area contributed by atoms with Crippen molar-refractivity contribution >= 4 is 27.3 Å². The van der Waals surface area contributed by atoms with Crippen molar-refractivity contribution in [3.8, 4) is 6.07 Å². The molecule has 0 aliphatic carbocycles. The number of nitrogens with one attached hydrogen (secondary N) is 1. The topological polar surface area (TPSA) is 82.9 Å². The fourth-order valence-electron chi connectivity index (χ4n) is 1.79. The molecule has 0 radical (unpaired) electrons. The number of aryl methyl sites for hydroxylation is 1. The first kappa shape index (κ1) is 15.3. The summed E-state index contributed by atoms with van der Waals surface area (Å²) in [6, 6.07) is 10.2. The summed E-state index contributed by atoms with van der Waals surface area (Å²) in [7, 11) is -3.63. The number of rotatable bonds is 4. The monoisotopic (exact) mass is 321 g/mol. The molecule has 2 aromatic rings. The summed E-state index contributed by atoms with van der Waals surface area (Å²) >= 11 is 5.80. The summed E-state index contributed by atoms with van der Waals surface area (Å²) < 4.78 is 26.7. The standard InChI is InChI=1S/C14H12ClN3O2S/c1-10-6-13(8-17-14(10)15)18-21(19,20)9-12-5-3-2-4-11(12)7-16/h2-6,8,18H,9H2,1H3. The van der Waals surface area contributed by atoms with Gasteiger partial charge in [-0.15, -0.1) is 0 Å². The molecule has 0 bridgehead atoms. The number of sulfonamides is 1. The van der Waals surface area contributed by atoms with Gasteiger partial charge in [0, 0.05) is 0 Å². The summed E-state index contributed by atoms with van der Waals surface area (Å²) in [6.45, 7) is 1.73. The van der Waals surface area contributed by atoms with Crippen molar-refractivity contribution in [1.29, 1.82) is 5.26 Å². The molecule has 0 spiro atoms. The minimum Gasteiger partial charge on any atom is -0.282 e. The highest BCUT2D eigenvalue weighted by Gasteiger charge is 2.15. The average Bonchev–Trinajstić information content (AvgIpc) is 2.43. The maximum absolute atomic E-state index is 12.2. The zero-order chi connectivity index (χ0) is 15.5. The van der Waals surface area contributed by atoms with Gasteiger partial charge in [-0.1, -0.05) is 29.8 Å². The number of aromatic nitrogens is 1. The zero-order valence-electron chi connectivity index (χ0n) is 11.2. The Bertz CT molecular complexity index is 813. The molecule has 1 N–H and O–H groups in total. The second kappa shape index (κ2) is 6.12. The van der Waals surface area contributed by atoms with E-state index in [0.29, 0.717) is 27.5 Å². The van der Waals surface area contributed by atoms with Crippen molar-refractivity contribution in [2.75, 3.05) is 4.72 Å². The van der Waals surface area contributed by atoms with E-state index in [1.165, 1.54) is 6.20 Å². The summed E-state index contributed by atoms with van der Waals surface area (Å²) in [4.78, 5) is 3.89. The van der Waals surface area contributed by atoms with E-state index in [1.54, 1.807) is 37.3 Å². The lowest BCUT2D eigenvalue weighted by Gasteiger charge is -2.09. The third kappa shape index (κ3) is 3.94. The fourth-order valence-corrected chi connectivity index (χ4v) is 3.10. The van der Waals surface area contributed by atoms with Crippen LogP contribution in [-0.4, -0.2) is 13.4 Å². The third-order valence-electron chi connectivity index (χ3n) is 2.77. The largest absolute Gasteiger partial charge is 0.282 e. The SMILES string of the molecule is Cc1cc(NS(=O)(=O)Cc2ccccc2C#N)cnc1Cl. The number of benzene rings is 1. The van der Waals surface area contributed by atoms with Crippen molar-refractivity contribution in [2.24, 2.45) is 0 Å². The number of hydrogen-bond acceptors (Lipinski definition) is 4. The molecule has 5 nitrogen and oxygen atoms in total. The van der Waals surface area contributed by atoms with Gasteiger partial charge >= 0.3 is 0 Å². The van der Waals surface area contributed by atoms with Gasteiger partial charge in [-0.25, -0.2) is 13.4 Å². The van der Waals surface area contributed by atoms with Crippen LogP contribution < -0.4 is 4.72 Å². The van der Waals surface area contributed by atoms with Gasteiger partial charge < -0.3 is 0 Å². The van der Waals surface area contributed by atoms with E-state index in [4.69, 9.17) is 16.9 Å². The molecular weight excluding hydrogens is 310 g/mol.